The SMILES string of the molecule is Cc1cc(F)c(C(=O)c2ccc(F)c(Cl)c2)cc1F. The number of benzene rings is 2. The van der Waals surface area contributed by atoms with E-state index in [0.29, 0.717) is 0 Å². The molecule has 2 rings (SSSR count). The molecular formula is C14H8ClF3O. The number of hydrogen-bond donors (Lipinski definition) is 0. The van der Waals surface area contributed by atoms with Crippen LogP contribution in [0.15, 0.2) is 30.3 Å². The maximum Gasteiger partial charge on any atom is 0.196 e. The van der Waals surface area contributed by atoms with Gasteiger partial charge in [-0.25, -0.2) is 13.2 Å². The van der Waals surface area contributed by atoms with Crippen molar-refractivity contribution in [1.82, 2.24) is 0 Å². The Morgan fingerprint density at radius 1 is 1.00 bits per heavy atom. The van der Waals surface area contributed by atoms with Crippen LogP contribution in [-0.4, -0.2) is 5.78 Å². The summed E-state index contributed by atoms with van der Waals surface area (Å²) in [6.07, 6.45) is 0. The molecule has 2 aromatic carbocycles. The summed E-state index contributed by atoms with van der Waals surface area (Å²) in [5, 5.41) is -0.251. The van der Waals surface area contributed by atoms with Crippen LogP contribution in [0.1, 0.15) is 21.5 Å². The Bertz CT molecular complexity index is 668. The van der Waals surface area contributed by atoms with Crippen LogP contribution in [0.25, 0.3) is 0 Å². The first-order valence-electron chi connectivity index (χ1n) is 5.35. The predicted octanol–water partition coefficient (Wildman–Crippen LogP) is 4.30. The molecule has 0 fully saturated rings. The minimum atomic E-state index is -0.829. The van der Waals surface area contributed by atoms with Crippen molar-refractivity contribution >= 4 is 17.4 Å². The number of rotatable bonds is 2. The normalized spacial score (nSPS) is 10.6. The highest BCUT2D eigenvalue weighted by atomic mass is 35.5. The molecule has 0 N–H and O–H groups in total. The van der Waals surface area contributed by atoms with Gasteiger partial charge >= 0.3 is 0 Å². The van der Waals surface area contributed by atoms with Gasteiger partial charge < -0.3 is 0 Å². The quantitative estimate of drug-likeness (QED) is 0.752. The van der Waals surface area contributed by atoms with Gasteiger partial charge in [-0.05, 0) is 42.8 Å². The molecule has 1 nitrogen and oxygen atoms in total. The molecule has 0 aliphatic rings. The lowest BCUT2D eigenvalue weighted by atomic mass is 10.0. The van der Waals surface area contributed by atoms with E-state index in [4.69, 9.17) is 11.6 Å². The molecule has 0 aliphatic carbocycles. The van der Waals surface area contributed by atoms with E-state index >= 15 is 0 Å². The van der Waals surface area contributed by atoms with Crippen molar-refractivity contribution < 1.29 is 18.0 Å². The van der Waals surface area contributed by atoms with Crippen LogP contribution < -0.4 is 0 Å². The number of halogens is 4. The third-order valence-corrected chi connectivity index (χ3v) is 2.96. The highest BCUT2D eigenvalue weighted by molar-refractivity contribution is 6.31. The molecule has 19 heavy (non-hydrogen) atoms. The molecule has 5 heteroatoms. The standard InChI is InChI=1S/C14H8ClF3O/c1-7-4-13(18)9(6-12(7)17)14(19)8-2-3-11(16)10(15)5-8/h2-6H,1H3. The van der Waals surface area contributed by atoms with Crippen LogP contribution in [0.5, 0.6) is 0 Å². The van der Waals surface area contributed by atoms with Crippen LogP contribution in [-0.2, 0) is 0 Å². The first-order chi connectivity index (χ1) is 8.90. The van der Waals surface area contributed by atoms with Crippen molar-refractivity contribution in [2.24, 2.45) is 0 Å². The van der Waals surface area contributed by atoms with Crippen LogP contribution in [0, 0.1) is 24.4 Å². The summed E-state index contributed by atoms with van der Waals surface area (Å²) in [6.45, 7) is 1.39. The zero-order valence-electron chi connectivity index (χ0n) is 9.81. The minimum Gasteiger partial charge on any atom is -0.288 e. The van der Waals surface area contributed by atoms with Gasteiger partial charge in [0.15, 0.2) is 5.78 Å². The molecule has 0 heterocycles. The maximum absolute atomic E-state index is 13.7. The summed E-state index contributed by atoms with van der Waals surface area (Å²) in [6, 6.07) is 5.01. The lowest BCUT2D eigenvalue weighted by molar-refractivity contribution is 0.103. The van der Waals surface area contributed by atoms with Crippen LogP contribution >= 0.6 is 11.6 Å². The monoisotopic (exact) mass is 284 g/mol. The highest BCUT2D eigenvalue weighted by Gasteiger charge is 2.17. The molecule has 0 unspecified atom stereocenters. The summed E-state index contributed by atoms with van der Waals surface area (Å²) in [5.41, 5.74) is -0.314. The van der Waals surface area contributed by atoms with Gasteiger partial charge in [-0.15, -0.1) is 0 Å². The van der Waals surface area contributed by atoms with E-state index in [-0.39, 0.29) is 16.1 Å². The number of carbonyl (C=O) groups is 1. The third kappa shape index (κ3) is 2.63. The molecule has 0 saturated carbocycles. The largest absolute Gasteiger partial charge is 0.288 e. The van der Waals surface area contributed by atoms with Crippen molar-refractivity contribution in [3.05, 3.63) is 69.5 Å². The Morgan fingerprint density at radius 3 is 2.32 bits per heavy atom. The number of ketones is 1. The smallest absolute Gasteiger partial charge is 0.196 e. The van der Waals surface area contributed by atoms with Crippen molar-refractivity contribution in [3.63, 3.8) is 0 Å². The number of carbonyl (C=O) groups excluding carboxylic acids is 1. The Balaban J connectivity index is 2.49. The van der Waals surface area contributed by atoms with Crippen molar-refractivity contribution in [3.8, 4) is 0 Å². The van der Waals surface area contributed by atoms with Crippen molar-refractivity contribution in [2.45, 2.75) is 6.92 Å². The van der Waals surface area contributed by atoms with Gasteiger partial charge in [0.05, 0.1) is 10.6 Å². The van der Waals surface area contributed by atoms with Crippen LogP contribution in [0.4, 0.5) is 13.2 Å². The first kappa shape index (κ1) is 13.6. The zero-order valence-corrected chi connectivity index (χ0v) is 10.6. The summed E-state index contributed by atoms with van der Waals surface area (Å²) >= 11 is 5.55. The second kappa shape index (κ2) is 5.05. The Hall–Kier alpha value is -1.81. The summed E-state index contributed by atoms with van der Waals surface area (Å²) in [5.74, 6) is -2.95. The minimum absolute atomic E-state index is 0.00597. The van der Waals surface area contributed by atoms with Gasteiger partial charge in [0, 0.05) is 5.56 Å². The van der Waals surface area contributed by atoms with E-state index in [2.05, 4.69) is 0 Å². The van der Waals surface area contributed by atoms with Gasteiger partial charge in [-0.3, -0.25) is 4.79 Å². The summed E-state index contributed by atoms with van der Waals surface area (Å²) in [7, 11) is 0. The molecule has 0 spiro atoms. The molecule has 2 aromatic rings. The molecule has 0 saturated heterocycles. The van der Waals surface area contributed by atoms with Crippen molar-refractivity contribution in [1.29, 1.82) is 0 Å². The highest BCUT2D eigenvalue weighted by Crippen LogP contribution is 2.21. The van der Waals surface area contributed by atoms with E-state index in [1.807, 2.05) is 0 Å². The third-order valence-electron chi connectivity index (χ3n) is 2.67. The molecule has 0 aromatic heterocycles. The average molecular weight is 285 g/mol. The molecule has 0 bridgehead atoms. The molecule has 0 atom stereocenters. The van der Waals surface area contributed by atoms with E-state index < -0.39 is 28.8 Å². The summed E-state index contributed by atoms with van der Waals surface area (Å²) < 4.78 is 40.0. The van der Waals surface area contributed by atoms with Gasteiger partial charge in [0.2, 0.25) is 0 Å². The zero-order chi connectivity index (χ0) is 14.2. The van der Waals surface area contributed by atoms with Crippen LogP contribution in [0.2, 0.25) is 5.02 Å². The Morgan fingerprint density at radius 2 is 1.68 bits per heavy atom. The average Bonchev–Trinajstić information content (AvgIpc) is 2.36. The van der Waals surface area contributed by atoms with E-state index in [1.54, 1.807) is 0 Å². The predicted molar refractivity (Wildman–Crippen MR) is 65.9 cm³/mol. The lowest BCUT2D eigenvalue weighted by Gasteiger charge is -2.05. The van der Waals surface area contributed by atoms with Gasteiger partial charge in [-0.1, -0.05) is 11.6 Å². The Labute approximate surface area is 112 Å². The van der Waals surface area contributed by atoms with Gasteiger partial charge in [0.1, 0.15) is 17.5 Å². The first-order valence-corrected chi connectivity index (χ1v) is 5.73. The molecule has 0 aliphatic heterocycles. The summed E-state index contributed by atoms with van der Waals surface area (Å²) in [4.78, 5) is 12.0. The fraction of sp³-hybridized carbons (Fsp3) is 0.0714. The Kier molecular flexibility index (Phi) is 3.62. The lowest BCUT2D eigenvalue weighted by Crippen LogP contribution is -2.06. The van der Waals surface area contributed by atoms with Gasteiger partial charge in [-0.2, -0.15) is 0 Å². The second-order valence-electron chi connectivity index (χ2n) is 4.04. The van der Waals surface area contributed by atoms with E-state index in [1.165, 1.54) is 13.0 Å². The molecule has 0 amide bonds. The maximum atomic E-state index is 13.7. The topological polar surface area (TPSA) is 17.1 Å². The van der Waals surface area contributed by atoms with Crippen molar-refractivity contribution in [2.75, 3.05) is 0 Å². The molecule has 0 radical (unpaired) electrons. The fourth-order valence-corrected chi connectivity index (χ4v) is 1.79. The fourth-order valence-electron chi connectivity index (χ4n) is 1.61. The number of hydrogen-bond acceptors (Lipinski definition) is 1. The van der Waals surface area contributed by atoms with E-state index in [9.17, 15) is 18.0 Å². The second-order valence-corrected chi connectivity index (χ2v) is 4.45. The van der Waals surface area contributed by atoms with Crippen LogP contribution in [0.3, 0.4) is 0 Å². The number of aryl methyl sites for hydroxylation is 1. The van der Waals surface area contributed by atoms with E-state index in [0.717, 1.165) is 24.3 Å². The molecule has 98 valence electrons. The molecular weight excluding hydrogens is 277 g/mol. The van der Waals surface area contributed by atoms with Gasteiger partial charge in [0.25, 0.3) is 0 Å².